The van der Waals surface area contributed by atoms with Crippen molar-refractivity contribution in [1.82, 2.24) is 0 Å². The number of ether oxygens (including phenoxy) is 1. The molecule has 0 unspecified atom stereocenters. The molecule has 0 saturated carbocycles. The van der Waals surface area contributed by atoms with Crippen LogP contribution in [0.2, 0.25) is 0 Å². The molecule has 0 aliphatic rings. The maximum absolute atomic E-state index is 13.2. The molecular formula is C14H12FNO2. The number of hydrogen-bond acceptors (Lipinski definition) is 3. The van der Waals surface area contributed by atoms with Crippen LogP contribution in [0.5, 0.6) is 0 Å². The summed E-state index contributed by atoms with van der Waals surface area (Å²) in [4.78, 5) is 11.5. The summed E-state index contributed by atoms with van der Waals surface area (Å²) < 4.78 is 17.8. The van der Waals surface area contributed by atoms with Gasteiger partial charge in [-0.1, -0.05) is 24.3 Å². The second-order valence-electron chi connectivity index (χ2n) is 3.77. The van der Waals surface area contributed by atoms with E-state index in [0.717, 1.165) is 0 Å². The van der Waals surface area contributed by atoms with Crippen molar-refractivity contribution in [3.05, 3.63) is 53.8 Å². The normalized spacial score (nSPS) is 10.1. The molecule has 0 amide bonds. The molecule has 92 valence electrons. The molecule has 0 aliphatic heterocycles. The van der Waals surface area contributed by atoms with Crippen molar-refractivity contribution in [3.8, 4) is 11.1 Å². The third-order valence-corrected chi connectivity index (χ3v) is 2.65. The van der Waals surface area contributed by atoms with Crippen LogP contribution in [0.25, 0.3) is 11.1 Å². The fourth-order valence-electron chi connectivity index (χ4n) is 1.76. The molecule has 0 heterocycles. The fourth-order valence-corrected chi connectivity index (χ4v) is 1.76. The summed E-state index contributed by atoms with van der Waals surface area (Å²) in [5.74, 6) is -0.860. The highest BCUT2D eigenvalue weighted by atomic mass is 19.1. The molecule has 3 nitrogen and oxygen atoms in total. The summed E-state index contributed by atoms with van der Waals surface area (Å²) in [6.45, 7) is 0. The van der Waals surface area contributed by atoms with Crippen LogP contribution < -0.4 is 5.73 Å². The van der Waals surface area contributed by atoms with E-state index in [9.17, 15) is 9.18 Å². The zero-order valence-electron chi connectivity index (χ0n) is 9.81. The largest absolute Gasteiger partial charge is 0.465 e. The van der Waals surface area contributed by atoms with Crippen molar-refractivity contribution in [2.45, 2.75) is 0 Å². The third-order valence-electron chi connectivity index (χ3n) is 2.65. The van der Waals surface area contributed by atoms with Gasteiger partial charge in [0.2, 0.25) is 0 Å². The molecule has 2 N–H and O–H groups in total. The van der Waals surface area contributed by atoms with E-state index in [1.165, 1.54) is 19.2 Å². The number of esters is 1. The van der Waals surface area contributed by atoms with Crippen molar-refractivity contribution >= 4 is 11.7 Å². The smallest absolute Gasteiger partial charge is 0.339 e. The lowest BCUT2D eigenvalue weighted by Crippen LogP contribution is -2.06. The van der Waals surface area contributed by atoms with Crippen molar-refractivity contribution in [2.24, 2.45) is 0 Å². The van der Waals surface area contributed by atoms with Crippen LogP contribution in [0.1, 0.15) is 10.4 Å². The highest BCUT2D eigenvalue weighted by molar-refractivity contribution is 5.99. The molecule has 0 aromatic heterocycles. The van der Waals surface area contributed by atoms with Crippen molar-refractivity contribution in [3.63, 3.8) is 0 Å². The second kappa shape index (κ2) is 4.87. The van der Waals surface area contributed by atoms with Gasteiger partial charge in [-0.05, 0) is 23.8 Å². The van der Waals surface area contributed by atoms with Crippen LogP contribution in [-0.4, -0.2) is 13.1 Å². The first-order valence-electron chi connectivity index (χ1n) is 5.36. The van der Waals surface area contributed by atoms with E-state index in [-0.39, 0.29) is 17.1 Å². The average molecular weight is 245 g/mol. The molecule has 0 radical (unpaired) electrons. The fraction of sp³-hybridized carbons (Fsp3) is 0.0714. The van der Waals surface area contributed by atoms with Gasteiger partial charge in [0.25, 0.3) is 0 Å². The lowest BCUT2D eigenvalue weighted by molar-refractivity contribution is 0.0602. The number of hydrogen-bond donors (Lipinski definition) is 1. The van der Waals surface area contributed by atoms with Gasteiger partial charge >= 0.3 is 5.97 Å². The molecule has 0 spiro atoms. The zero-order valence-corrected chi connectivity index (χ0v) is 9.81. The van der Waals surface area contributed by atoms with Gasteiger partial charge in [0.1, 0.15) is 5.82 Å². The van der Waals surface area contributed by atoms with Crippen LogP contribution in [0.4, 0.5) is 10.1 Å². The van der Waals surface area contributed by atoms with E-state index in [4.69, 9.17) is 5.73 Å². The minimum atomic E-state index is -0.509. The summed E-state index contributed by atoms with van der Waals surface area (Å²) in [6, 6.07) is 11.0. The molecule has 18 heavy (non-hydrogen) atoms. The molecule has 0 atom stereocenters. The molecule has 2 rings (SSSR count). The molecule has 0 aliphatic carbocycles. The Morgan fingerprint density at radius 2 is 1.94 bits per heavy atom. The standard InChI is InChI=1S/C14H12FNO2/c1-18-14(17)12-7-3-6-11(13(12)16)9-4-2-5-10(15)8-9/h2-8H,16H2,1H3. The number of carbonyl (C=O) groups excluding carboxylic acids is 1. The first-order valence-corrected chi connectivity index (χ1v) is 5.36. The quantitative estimate of drug-likeness (QED) is 0.653. The highest BCUT2D eigenvalue weighted by Gasteiger charge is 2.13. The van der Waals surface area contributed by atoms with Gasteiger partial charge in [0.05, 0.1) is 18.4 Å². The number of nitrogens with two attached hydrogens (primary N) is 1. The van der Waals surface area contributed by atoms with Crippen molar-refractivity contribution in [2.75, 3.05) is 12.8 Å². The highest BCUT2D eigenvalue weighted by Crippen LogP contribution is 2.29. The summed E-state index contributed by atoms with van der Waals surface area (Å²) in [5.41, 5.74) is 7.71. The van der Waals surface area contributed by atoms with Crippen LogP contribution in [-0.2, 0) is 4.74 Å². The van der Waals surface area contributed by atoms with Gasteiger partial charge in [0.15, 0.2) is 0 Å². The number of nitrogen functional groups attached to an aromatic ring is 1. The van der Waals surface area contributed by atoms with E-state index in [0.29, 0.717) is 11.1 Å². The zero-order chi connectivity index (χ0) is 13.1. The molecule has 0 saturated heterocycles. The topological polar surface area (TPSA) is 52.3 Å². The van der Waals surface area contributed by atoms with Crippen LogP contribution >= 0.6 is 0 Å². The molecule has 4 heteroatoms. The monoisotopic (exact) mass is 245 g/mol. The Kier molecular flexibility index (Phi) is 3.28. The average Bonchev–Trinajstić information content (AvgIpc) is 2.38. The van der Waals surface area contributed by atoms with E-state index >= 15 is 0 Å². The predicted molar refractivity (Wildman–Crippen MR) is 67.6 cm³/mol. The van der Waals surface area contributed by atoms with Crippen LogP contribution in [0.15, 0.2) is 42.5 Å². The Bertz CT molecular complexity index is 596. The third kappa shape index (κ3) is 2.18. The van der Waals surface area contributed by atoms with E-state index < -0.39 is 5.97 Å². The van der Waals surface area contributed by atoms with Gasteiger partial charge in [-0.25, -0.2) is 9.18 Å². The number of para-hydroxylation sites is 1. The van der Waals surface area contributed by atoms with Crippen LogP contribution in [0, 0.1) is 5.82 Å². The summed E-state index contributed by atoms with van der Waals surface area (Å²) >= 11 is 0. The van der Waals surface area contributed by atoms with Gasteiger partial charge in [-0.3, -0.25) is 0 Å². The Balaban J connectivity index is 2.56. The Hall–Kier alpha value is -2.36. The summed E-state index contributed by atoms with van der Waals surface area (Å²) in [7, 11) is 1.29. The predicted octanol–water partition coefficient (Wildman–Crippen LogP) is 2.86. The number of anilines is 1. The molecule has 2 aromatic rings. The molecule has 0 bridgehead atoms. The SMILES string of the molecule is COC(=O)c1cccc(-c2cccc(F)c2)c1N. The van der Waals surface area contributed by atoms with Crippen LogP contribution in [0.3, 0.4) is 0 Å². The lowest BCUT2D eigenvalue weighted by Gasteiger charge is -2.09. The number of benzene rings is 2. The number of rotatable bonds is 2. The molecule has 0 fully saturated rings. The number of methoxy groups -OCH3 is 1. The Morgan fingerprint density at radius 3 is 2.61 bits per heavy atom. The number of carbonyl (C=O) groups is 1. The molecular weight excluding hydrogens is 233 g/mol. The summed E-state index contributed by atoms with van der Waals surface area (Å²) in [5, 5.41) is 0. The maximum atomic E-state index is 13.2. The van der Waals surface area contributed by atoms with Crippen molar-refractivity contribution < 1.29 is 13.9 Å². The first-order chi connectivity index (χ1) is 8.63. The van der Waals surface area contributed by atoms with Gasteiger partial charge in [-0.15, -0.1) is 0 Å². The van der Waals surface area contributed by atoms with E-state index in [1.54, 1.807) is 30.3 Å². The van der Waals surface area contributed by atoms with Gasteiger partial charge in [-0.2, -0.15) is 0 Å². The number of halogens is 1. The lowest BCUT2D eigenvalue weighted by atomic mass is 10.0. The molecule has 2 aromatic carbocycles. The minimum Gasteiger partial charge on any atom is -0.465 e. The van der Waals surface area contributed by atoms with E-state index in [1.807, 2.05) is 0 Å². The van der Waals surface area contributed by atoms with Gasteiger partial charge in [0, 0.05) is 5.56 Å². The van der Waals surface area contributed by atoms with Gasteiger partial charge < -0.3 is 10.5 Å². The second-order valence-corrected chi connectivity index (χ2v) is 3.77. The van der Waals surface area contributed by atoms with Crippen molar-refractivity contribution in [1.29, 1.82) is 0 Å². The maximum Gasteiger partial charge on any atom is 0.339 e. The Labute approximate surface area is 104 Å². The minimum absolute atomic E-state index is 0.277. The van der Waals surface area contributed by atoms with E-state index in [2.05, 4.69) is 4.74 Å². The summed E-state index contributed by atoms with van der Waals surface area (Å²) in [6.07, 6.45) is 0. The Morgan fingerprint density at radius 1 is 1.22 bits per heavy atom. The first kappa shape index (κ1) is 12.1.